The summed E-state index contributed by atoms with van der Waals surface area (Å²) in [4.78, 5) is 42.1. The number of ether oxygens (including phenoxy) is 1. The molecule has 0 radical (unpaired) electrons. The Labute approximate surface area is 214 Å². The molecule has 1 aliphatic carbocycles. The monoisotopic (exact) mass is 499 g/mol. The number of benzene rings is 2. The number of aryl methyl sites for hydroxylation is 1. The van der Waals surface area contributed by atoms with E-state index >= 15 is 0 Å². The normalized spacial score (nSPS) is 17.9. The van der Waals surface area contributed by atoms with Crippen LogP contribution in [0.5, 0.6) is 5.75 Å². The van der Waals surface area contributed by atoms with Crippen molar-refractivity contribution in [2.45, 2.75) is 50.6 Å². The molecule has 2 aromatic carbocycles. The van der Waals surface area contributed by atoms with Crippen LogP contribution >= 0.6 is 0 Å². The average molecular weight is 500 g/mol. The number of rotatable bonds is 9. The van der Waals surface area contributed by atoms with Gasteiger partial charge in [0.2, 0.25) is 11.8 Å². The van der Waals surface area contributed by atoms with Gasteiger partial charge in [0.1, 0.15) is 23.5 Å². The zero-order chi connectivity index (χ0) is 26.1. The molecular weight excluding hydrogens is 470 g/mol. The Kier molecular flexibility index (Phi) is 6.57. The van der Waals surface area contributed by atoms with Gasteiger partial charge in [-0.05, 0) is 55.0 Å². The van der Waals surface area contributed by atoms with Gasteiger partial charge >= 0.3 is 0 Å². The second-order valence-corrected chi connectivity index (χ2v) is 9.82. The van der Waals surface area contributed by atoms with Gasteiger partial charge in [-0.3, -0.25) is 14.4 Å². The fourth-order valence-electron chi connectivity index (χ4n) is 4.97. The van der Waals surface area contributed by atoms with Gasteiger partial charge in [0, 0.05) is 16.6 Å². The van der Waals surface area contributed by atoms with E-state index in [9.17, 15) is 19.6 Å². The van der Waals surface area contributed by atoms with Gasteiger partial charge in [-0.25, -0.2) is 0 Å². The van der Waals surface area contributed by atoms with Crippen LogP contribution in [-0.4, -0.2) is 41.9 Å². The number of fused-ring (bicyclic) bond motifs is 2. The molecule has 9 nitrogen and oxygen atoms in total. The fraction of sp³-hybridized carbons (Fsp3) is 0.357. The smallest absolute Gasteiger partial charge is 0.268 e. The number of carbonyl (C=O) groups excluding carboxylic acids is 3. The molecule has 0 saturated heterocycles. The van der Waals surface area contributed by atoms with E-state index in [1.54, 1.807) is 13.2 Å². The highest BCUT2D eigenvalue weighted by Crippen LogP contribution is 2.37. The Morgan fingerprint density at radius 2 is 1.95 bits per heavy atom. The average Bonchev–Trinajstić information content (AvgIpc) is 3.50. The van der Waals surface area contributed by atoms with Crippen molar-refractivity contribution in [2.24, 2.45) is 5.92 Å². The molecule has 1 fully saturated rings. The molecular formula is C28H29N5O4. The number of para-hydroxylation sites is 1. The molecule has 3 aromatic rings. The van der Waals surface area contributed by atoms with Crippen LogP contribution in [0, 0.1) is 24.2 Å². The van der Waals surface area contributed by atoms with Crippen LogP contribution in [0.15, 0.2) is 42.5 Å². The first-order valence-corrected chi connectivity index (χ1v) is 12.4. The van der Waals surface area contributed by atoms with Crippen molar-refractivity contribution >= 4 is 34.3 Å². The van der Waals surface area contributed by atoms with Crippen molar-refractivity contribution < 1.29 is 19.1 Å². The second kappa shape index (κ2) is 9.97. The number of nitrogens with one attached hydrogen (secondary N) is 4. The van der Waals surface area contributed by atoms with Gasteiger partial charge in [-0.2, -0.15) is 5.26 Å². The molecule has 3 amide bonds. The van der Waals surface area contributed by atoms with Crippen LogP contribution in [-0.2, 0) is 9.59 Å². The number of methoxy groups -OCH3 is 1. The molecule has 2 heterocycles. The highest BCUT2D eigenvalue weighted by atomic mass is 16.5. The first-order chi connectivity index (χ1) is 17.9. The third-order valence-corrected chi connectivity index (χ3v) is 7.17. The number of hydrogen-bond acceptors (Lipinski definition) is 5. The lowest BCUT2D eigenvalue weighted by atomic mass is 9.92. The zero-order valence-corrected chi connectivity index (χ0v) is 20.8. The van der Waals surface area contributed by atoms with Gasteiger partial charge in [-0.15, -0.1) is 0 Å². The molecule has 3 atom stereocenters. The Bertz CT molecular complexity index is 1420. The quantitative estimate of drug-likeness (QED) is 0.357. The standard InChI is InChI=1S/C28H29N5O4/c1-15-5-3-6-18-19(26(34)33-25(15)18)12-17(14-29)30-27(35)22(11-16-9-10-16)32-28(36)23-13-20-21(31-23)7-4-8-24(20)37-2/h3-8,13,16-17,19,22,31H,9-12H2,1-2H3,(H,30,35)(H,32,36)(H,33,34)/t17-,19+,22-/m0/s1. The second-order valence-electron chi connectivity index (χ2n) is 9.82. The Balaban J connectivity index is 1.29. The molecule has 1 aliphatic heterocycles. The van der Waals surface area contributed by atoms with Crippen LogP contribution in [0.25, 0.3) is 10.9 Å². The molecule has 9 heteroatoms. The highest BCUT2D eigenvalue weighted by molar-refractivity contribution is 6.04. The van der Waals surface area contributed by atoms with Crippen LogP contribution in [0.1, 0.15) is 53.2 Å². The molecule has 37 heavy (non-hydrogen) atoms. The first kappa shape index (κ1) is 24.4. The maximum absolute atomic E-state index is 13.3. The molecule has 2 aliphatic rings. The maximum atomic E-state index is 13.3. The van der Waals surface area contributed by atoms with Crippen LogP contribution in [0.2, 0.25) is 0 Å². The number of amides is 3. The van der Waals surface area contributed by atoms with E-state index in [4.69, 9.17) is 4.74 Å². The highest BCUT2D eigenvalue weighted by Gasteiger charge is 2.36. The summed E-state index contributed by atoms with van der Waals surface area (Å²) in [6, 6.07) is 13.3. The number of nitriles is 1. The van der Waals surface area contributed by atoms with Crippen molar-refractivity contribution in [1.29, 1.82) is 5.26 Å². The SMILES string of the molecule is COc1cccc2[nH]c(C(=O)N[C@@H](CC3CC3)C(=O)N[C@H](C#N)C[C@H]3C(=O)Nc4c(C)cccc43)cc12. The Hall–Kier alpha value is -4.32. The number of carbonyl (C=O) groups is 3. The van der Waals surface area contributed by atoms with E-state index in [0.29, 0.717) is 23.8 Å². The van der Waals surface area contributed by atoms with Crippen molar-refractivity contribution in [1.82, 2.24) is 15.6 Å². The Morgan fingerprint density at radius 1 is 1.16 bits per heavy atom. The minimum Gasteiger partial charge on any atom is -0.496 e. The van der Waals surface area contributed by atoms with E-state index in [1.807, 2.05) is 43.3 Å². The minimum absolute atomic E-state index is 0.149. The third kappa shape index (κ3) is 5.00. The number of aromatic amines is 1. The number of nitrogens with zero attached hydrogens (tertiary/aromatic N) is 1. The van der Waals surface area contributed by atoms with Gasteiger partial charge in [0.25, 0.3) is 5.91 Å². The number of aromatic nitrogens is 1. The van der Waals surface area contributed by atoms with Gasteiger partial charge < -0.3 is 25.7 Å². The topological polar surface area (TPSA) is 136 Å². The van der Waals surface area contributed by atoms with Gasteiger partial charge in [0.15, 0.2) is 0 Å². The summed E-state index contributed by atoms with van der Waals surface area (Å²) in [5.74, 6) is -0.552. The summed E-state index contributed by atoms with van der Waals surface area (Å²) < 4.78 is 5.37. The third-order valence-electron chi connectivity index (χ3n) is 7.17. The largest absolute Gasteiger partial charge is 0.496 e. The van der Waals surface area contributed by atoms with Gasteiger partial charge in [-0.1, -0.05) is 37.1 Å². The van der Waals surface area contributed by atoms with E-state index in [0.717, 1.165) is 40.6 Å². The van der Waals surface area contributed by atoms with E-state index in [2.05, 4.69) is 27.0 Å². The molecule has 0 spiro atoms. The predicted molar refractivity (Wildman–Crippen MR) is 138 cm³/mol. The van der Waals surface area contributed by atoms with Crippen molar-refractivity contribution in [2.75, 3.05) is 12.4 Å². The Morgan fingerprint density at radius 3 is 2.68 bits per heavy atom. The molecule has 190 valence electrons. The summed E-state index contributed by atoms with van der Waals surface area (Å²) >= 11 is 0. The lowest BCUT2D eigenvalue weighted by Gasteiger charge is -2.21. The van der Waals surface area contributed by atoms with E-state index in [-0.39, 0.29) is 12.3 Å². The van der Waals surface area contributed by atoms with E-state index in [1.165, 1.54) is 0 Å². The lowest BCUT2D eigenvalue weighted by molar-refractivity contribution is -0.124. The summed E-state index contributed by atoms with van der Waals surface area (Å²) in [7, 11) is 1.57. The van der Waals surface area contributed by atoms with Crippen LogP contribution in [0.3, 0.4) is 0 Å². The van der Waals surface area contributed by atoms with Crippen LogP contribution < -0.4 is 20.7 Å². The van der Waals surface area contributed by atoms with Crippen LogP contribution in [0.4, 0.5) is 5.69 Å². The minimum atomic E-state index is -0.884. The fourth-order valence-corrected chi connectivity index (χ4v) is 4.97. The summed E-state index contributed by atoms with van der Waals surface area (Å²) in [6.07, 6.45) is 2.65. The number of hydrogen-bond donors (Lipinski definition) is 4. The molecule has 0 bridgehead atoms. The molecule has 0 unspecified atom stereocenters. The number of H-pyrrole nitrogens is 1. The number of anilines is 1. The van der Waals surface area contributed by atoms with Crippen molar-refractivity contribution in [3.8, 4) is 11.8 Å². The van der Waals surface area contributed by atoms with E-state index < -0.39 is 29.8 Å². The summed E-state index contributed by atoms with van der Waals surface area (Å²) in [5.41, 5.74) is 3.63. The van der Waals surface area contributed by atoms with Crippen molar-refractivity contribution in [3.63, 3.8) is 0 Å². The predicted octanol–water partition coefficient (Wildman–Crippen LogP) is 3.52. The lowest BCUT2D eigenvalue weighted by Crippen LogP contribution is -2.50. The summed E-state index contributed by atoms with van der Waals surface area (Å²) in [5, 5.41) is 19.1. The molecule has 5 rings (SSSR count). The summed E-state index contributed by atoms with van der Waals surface area (Å²) in [6.45, 7) is 1.92. The van der Waals surface area contributed by atoms with Crippen molar-refractivity contribution in [3.05, 3.63) is 59.3 Å². The zero-order valence-electron chi connectivity index (χ0n) is 20.8. The first-order valence-electron chi connectivity index (χ1n) is 12.4. The molecule has 4 N–H and O–H groups in total. The maximum Gasteiger partial charge on any atom is 0.268 e. The molecule has 1 aromatic heterocycles. The molecule has 1 saturated carbocycles. The van der Waals surface area contributed by atoms with Gasteiger partial charge in [0.05, 0.1) is 19.1 Å².